The van der Waals surface area contributed by atoms with Crippen molar-refractivity contribution in [2.45, 2.75) is 19.9 Å². The van der Waals surface area contributed by atoms with Gasteiger partial charge in [-0.15, -0.1) is 0 Å². The van der Waals surface area contributed by atoms with Crippen LogP contribution in [-0.4, -0.2) is 61.5 Å². The molecule has 1 aromatic rings. The van der Waals surface area contributed by atoms with Gasteiger partial charge >= 0.3 is 0 Å². The lowest BCUT2D eigenvalue weighted by molar-refractivity contribution is 0.0721. The molecule has 1 heterocycles. The summed E-state index contributed by atoms with van der Waals surface area (Å²) in [5.41, 5.74) is 0.322. The van der Waals surface area contributed by atoms with Crippen LogP contribution < -0.4 is 4.74 Å². The highest BCUT2D eigenvalue weighted by molar-refractivity contribution is 6.00. The first-order chi connectivity index (χ1) is 10.0. The van der Waals surface area contributed by atoms with Gasteiger partial charge < -0.3 is 4.74 Å². The monoisotopic (exact) mass is 294 g/mol. The van der Waals surface area contributed by atoms with Gasteiger partial charge in [-0.3, -0.25) is 14.6 Å². The zero-order valence-electron chi connectivity index (χ0n) is 12.9. The second-order valence-electron chi connectivity index (χ2n) is 5.48. The number of rotatable bonds is 5. The predicted molar refractivity (Wildman–Crippen MR) is 80.4 cm³/mol. The highest BCUT2D eigenvalue weighted by Crippen LogP contribution is 2.20. The third kappa shape index (κ3) is 3.80. The molecule has 1 saturated heterocycles. The number of carbonyl (C=O) groups excluding carboxylic acids is 1. The van der Waals surface area contributed by atoms with Crippen LogP contribution in [0.25, 0.3) is 0 Å². The molecule has 0 spiro atoms. The van der Waals surface area contributed by atoms with Crippen LogP contribution in [0.1, 0.15) is 24.2 Å². The molecule has 1 unspecified atom stereocenters. The van der Waals surface area contributed by atoms with E-state index in [2.05, 4.69) is 23.6 Å². The molecule has 1 fully saturated rings. The second kappa shape index (κ2) is 7.00. The van der Waals surface area contributed by atoms with E-state index in [1.54, 1.807) is 0 Å². The first kappa shape index (κ1) is 15.9. The minimum Gasteiger partial charge on any atom is -0.496 e. The van der Waals surface area contributed by atoms with Crippen molar-refractivity contribution in [3.8, 4) is 5.75 Å². The molecule has 0 aromatic heterocycles. The summed E-state index contributed by atoms with van der Waals surface area (Å²) in [6, 6.07) is 4.50. The van der Waals surface area contributed by atoms with E-state index in [-0.39, 0.29) is 5.78 Å². The second-order valence-corrected chi connectivity index (χ2v) is 5.48. The third-order valence-corrected chi connectivity index (χ3v) is 4.08. The number of benzene rings is 1. The Bertz CT molecular complexity index is 507. The third-order valence-electron chi connectivity index (χ3n) is 4.08. The van der Waals surface area contributed by atoms with E-state index in [9.17, 15) is 9.18 Å². The molecule has 1 aliphatic rings. The van der Waals surface area contributed by atoms with Crippen LogP contribution in [0.5, 0.6) is 5.75 Å². The number of hydrogen-bond donors (Lipinski definition) is 0. The lowest BCUT2D eigenvalue weighted by Gasteiger charge is -2.39. The van der Waals surface area contributed by atoms with Gasteiger partial charge in [0.25, 0.3) is 0 Å². The lowest BCUT2D eigenvalue weighted by atomic mass is 10.1. The number of halogens is 1. The molecule has 0 saturated carbocycles. The maximum absolute atomic E-state index is 13.4. The Morgan fingerprint density at radius 3 is 2.81 bits per heavy atom. The van der Waals surface area contributed by atoms with Crippen LogP contribution in [0.15, 0.2) is 18.2 Å². The highest BCUT2D eigenvalue weighted by Gasteiger charge is 2.25. The van der Waals surface area contributed by atoms with E-state index in [0.717, 1.165) is 26.2 Å². The molecule has 1 atom stereocenters. The summed E-state index contributed by atoms with van der Waals surface area (Å²) < 4.78 is 18.5. The van der Waals surface area contributed by atoms with E-state index >= 15 is 0 Å². The van der Waals surface area contributed by atoms with Crippen molar-refractivity contribution in [2.24, 2.45) is 0 Å². The fourth-order valence-electron chi connectivity index (χ4n) is 2.87. The van der Waals surface area contributed by atoms with Gasteiger partial charge in [0.15, 0.2) is 5.78 Å². The summed E-state index contributed by atoms with van der Waals surface area (Å²) in [5.74, 6) is -0.0755. The molecule has 0 aliphatic carbocycles. The number of nitrogens with zero attached hydrogens (tertiary/aromatic N) is 2. The molecular weight excluding hydrogens is 271 g/mol. The quantitative estimate of drug-likeness (QED) is 0.778. The minimum absolute atomic E-state index is 0.0940. The largest absolute Gasteiger partial charge is 0.496 e. The molecule has 2 rings (SSSR count). The van der Waals surface area contributed by atoms with Crippen molar-refractivity contribution < 1.29 is 13.9 Å². The van der Waals surface area contributed by atoms with Crippen molar-refractivity contribution in [2.75, 3.05) is 39.8 Å². The van der Waals surface area contributed by atoms with E-state index < -0.39 is 5.82 Å². The van der Waals surface area contributed by atoms with Crippen molar-refractivity contribution in [3.05, 3.63) is 29.6 Å². The highest BCUT2D eigenvalue weighted by atomic mass is 19.1. The van der Waals surface area contributed by atoms with Crippen LogP contribution in [0.3, 0.4) is 0 Å². The summed E-state index contributed by atoms with van der Waals surface area (Å²) in [6.07, 6.45) is 0. The fraction of sp³-hybridized carbons (Fsp3) is 0.562. The Hall–Kier alpha value is -1.46. The molecule has 116 valence electrons. The van der Waals surface area contributed by atoms with Gasteiger partial charge in [0, 0.05) is 25.7 Å². The van der Waals surface area contributed by atoms with Crippen molar-refractivity contribution >= 4 is 5.78 Å². The first-order valence-corrected chi connectivity index (χ1v) is 7.38. The minimum atomic E-state index is -0.414. The number of likely N-dealkylation sites (N-methyl/N-ethyl adjacent to an activating group) is 1. The molecule has 0 amide bonds. The number of ether oxygens (including phenoxy) is 1. The van der Waals surface area contributed by atoms with Gasteiger partial charge in [-0.2, -0.15) is 0 Å². The van der Waals surface area contributed by atoms with Gasteiger partial charge in [-0.1, -0.05) is 6.92 Å². The number of hydrogen-bond acceptors (Lipinski definition) is 4. The number of methoxy groups -OCH3 is 1. The molecule has 1 aromatic carbocycles. The molecule has 5 heteroatoms. The average molecular weight is 294 g/mol. The molecule has 1 aliphatic heterocycles. The van der Waals surface area contributed by atoms with Gasteiger partial charge in [-0.05, 0) is 31.7 Å². The SMILES string of the molecule is CCN1CCN(CC(=O)c2cc(F)ccc2OC)CC1C. The molecular formula is C16H23FN2O2. The van der Waals surface area contributed by atoms with Crippen molar-refractivity contribution in [3.63, 3.8) is 0 Å². The van der Waals surface area contributed by atoms with Crippen LogP contribution in [0.2, 0.25) is 0 Å². The Labute approximate surface area is 125 Å². The van der Waals surface area contributed by atoms with Gasteiger partial charge in [0.1, 0.15) is 11.6 Å². The Morgan fingerprint density at radius 1 is 1.43 bits per heavy atom. The van der Waals surface area contributed by atoms with Crippen molar-refractivity contribution in [1.82, 2.24) is 9.80 Å². The zero-order chi connectivity index (χ0) is 15.4. The molecule has 0 N–H and O–H groups in total. The Balaban J connectivity index is 2.04. The van der Waals surface area contributed by atoms with E-state index in [1.807, 2.05) is 0 Å². The topological polar surface area (TPSA) is 32.8 Å². The number of piperazine rings is 1. The number of ketones is 1. The number of Topliss-reactive ketones (excluding diaryl/α,β-unsaturated/α-hetero) is 1. The average Bonchev–Trinajstić information content (AvgIpc) is 2.47. The fourth-order valence-corrected chi connectivity index (χ4v) is 2.87. The van der Waals surface area contributed by atoms with Gasteiger partial charge in [0.05, 0.1) is 19.2 Å². The Morgan fingerprint density at radius 2 is 2.19 bits per heavy atom. The summed E-state index contributed by atoms with van der Waals surface area (Å²) in [5, 5.41) is 0. The standard InChI is InChI=1S/C16H23FN2O2/c1-4-19-8-7-18(10-12(19)2)11-15(20)14-9-13(17)5-6-16(14)21-3/h5-6,9,12H,4,7-8,10-11H2,1-3H3. The van der Waals surface area contributed by atoms with E-state index in [0.29, 0.717) is 23.9 Å². The van der Waals surface area contributed by atoms with Gasteiger partial charge in [0.2, 0.25) is 0 Å². The zero-order valence-corrected chi connectivity index (χ0v) is 12.9. The summed E-state index contributed by atoms with van der Waals surface area (Å²) in [6.45, 7) is 8.34. The summed E-state index contributed by atoms with van der Waals surface area (Å²) >= 11 is 0. The molecule has 4 nitrogen and oxygen atoms in total. The van der Waals surface area contributed by atoms with Crippen LogP contribution >= 0.6 is 0 Å². The predicted octanol–water partition coefficient (Wildman–Crippen LogP) is 2.04. The van der Waals surface area contributed by atoms with Crippen LogP contribution in [0.4, 0.5) is 4.39 Å². The number of carbonyl (C=O) groups is 1. The maximum atomic E-state index is 13.4. The Kier molecular flexibility index (Phi) is 5.31. The normalized spacial score (nSPS) is 20.5. The van der Waals surface area contributed by atoms with Crippen LogP contribution in [0, 0.1) is 5.82 Å². The molecule has 0 bridgehead atoms. The van der Waals surface area contributed by atoms with Crippen molar-refractivity contribution in [1.29, 1.82) is 0 Å². The smallest absolute Gasteiger partial charge is 0.180 e. The molecule has 0 radical (unpaired) electrons. The van der Waals surface area contributed by atoms with E-state index in [4.69, 9.17) is 4.74 Å². The van der Waals surface area contributed by atoms with Gasteiger partial charge in [-0.25, -0.2) is 4.39 Å². The summed E-state index contributed by atoms with van der Waals surface area (Å²) in [7, 11) is 1.49. The van der Waals surface area contributed by atoms with E-state index in [1.165, 1.54) is 25.3 Å². The van der Waals surface area contributed by atoms with Crippen LogP contribution in [-0.2, 0) is 0 Å². The first-order valence-electron chi connectivity index (χ1n) is 7.38. The lowest BCUT2D eigenvalue weighted by Crippen LogP contribution is -2.52. The maximum Gasteiger partial charge on any atom is 0.180 e. The summed E-state index contributed by atoms with van der Waals surface area (Å²) in [4.78, 5) is 16.9. The molecule has 21 heavy (non-hydrogen) atoms.